The molecule has 23 heavy (non-hydrogen) atoms. The summed E-state index contributed by atoms with van der Waals surface area (Å²) in [7, 11) is 0. The minimum atomic E-state index is -0.566. The standard InChI is InChI=1S/C16H14ClNO5/c17-13-6-7-14(22-10-12-9-21-12)16(15(13)18(19)20)23-8-11-4-2-1-3-5-11/h1-7,12H,8-10H2/t12-/m1/s1. The van der Waals surface area contributed by atoms with E-state index < -0.39 is 4.92 Å². The summed E-state index contributed by atoms with van der Waals surface area (Å²) in [6, 6.07) is 12.4. The summed E-state index contributed by atoms with van der Waals surface area (Å²) in [5.74, 6) is 0.319. The van der Waals surface area contributed by atoms with Crippen LogP contribution in [-0.4, -0.2) is 24.2 Å². The molecule has 0 unspecified atom stereocenters. The first-order valence-electron chi connectivity index (χ1n) is 7.03. The summed E-state index contributed by atoms with van der Waals surface area (Å²) in [6.45, 7) is 1.13. The van der Waals surface area contributed by atoms with Gasteiger partial charge in [-0.05, 0) is 17.7 Å². The molecule has 1 aliphatic rings. The van der Waals surface area contributed by atoms with Gasteiger partial charge in [0.1, 0.15) is 24.3 Å². The first kappa shape index (κ1) is 15.6. The van der Waals surface area contributed by atoms with E-state index in [0.29, 0.717) is 13.2 Å². The lowest BCUT2D eigenvalue weighted by Gasteiger charge is -2.13. The first-order chi connectivity index (χ1) is 11.1. The van der Waals surface area contributed by atoms with Crippen LogP contribution < -0.4 is 9.47 Å². The van der Waals surface area contributed by atoms with Crippen molar-refractivity contribution in [3.63, 3.8) is 0 Å². The van der Waals surface area contributed by atoms with Crippen LogP contribution >= 0.6 is 11.6 Å². The fraction of sp³-hybridized carbons (Fsp3) is 0.250. The van der Waals surface area contributed by atoms with Crippen molar-refractivity contribution in [3.05, 3.63) is 63.2 Å². The van der Waals surface area contributed by atoms with E-state index in [4.69, 9.17) is 25.8 Å². The van der Waals surface area contributed by atoms with E-state index in [1.807, 2.05) is 30.3 Å². The molecule has 0 amide bonds. The fourth-order valence-electron chi connectivity index (χ4n) is 2.03. The van der Waals surface area contributed by atoms with Gasteiger partial charge in [-0.15, -0.1) is 0 Å². The highest BCUT2D eigenvalue weighted by Gasteiger charge is 2.28. The van der Waals surface area contributed by atoms with Gasteiger partial charge in [-0.25, -0.2) is 0 Å². The summed E-state index contributed by atoms with van der Waals surface area (Å²) in [5, 5.41) is 11.3. The Morgan fingerprint density at radius 2 is 1.96 bits per heavy atom. The van der Waals surface area contributed by atoms with Gasteiger partial charge in [-0.3, -0.25) is 10.1 Å². The number of halogens is 1. The van der Waals surface area contributed by atoms with Crippen molar-refractivity contribution in [2.75, 3.05) is 13.2 Å². The molecule has 0 N–H and O–H groups in total. The molecule has 2 aromatic carbocycles. The third kappa shape index (κ3) is 3.91. The van der Waals surface area contributed by atoms with Gasteiger partial charge >= 0.3 is 5.69 Å². The van der Waals surface area contributed by atoms with E-state index in [1.165, 1.54) is 6.07 Å². The monoisotopic (exact) mass is 335 g/mol. The minimum Gasteiger partial charge on any atom is -0.487 e. The number of ether oxygens (including phenoxy) is 3. The molecule has 1 aliphatic heterocycles. The van der Waals surface area contributed by atoms with Gasteiger partial charge in [-0.1, -0.05) is 41.9 Å². The molecule has 0 aromatic heterocycles. The van der Waals surface area contributed by atoms with Crippen LogP contribution in [0.3, 0.4) is 0 Å². The van der Waals surface area contributed by atoms with E-state index in [0.717, 1.165) is 5.56 Å². The molecule has 1 atom stereocenters. The van der Waals surface area contributed by atoms with E-state index in [2.05, 4.69) is 0 Å². The average Bonchev–Trinajstić information content (AvgIpc) is 3.36. The van der Waals surface area contributed by atoms with Crippen LogP contribution in [-0.2, 0) is 11.3 Å². The van der Waals surface area contributed by atoms with Gasteiger partial charge < -0.3 is 14.2 Å². The predicted octanol–water partition coefficient (Wildman–Crippen LogP) is 3.60. The number of epoxide rings is 1. The van der Waals surface area contributed by atoms with Gasteiger partial charge in [0.05, 0.1) is 11.5 Å². The Morgan fingerprint density at radius 3 is 2.61 bits per heavy atom. The molecule has 0 spiro atoms. The van der Waals surface area contributed by atoms with Crippen LogP contribution in [0.5, 0.6) is 11.5 Å². The Morgan fingerprint density at radius 1 is 1.22 bits per heavy atom. The smallest absolute Gasteiger partial charge is 0.333 e. The van der Waals surface area contributed by atoms with Crippen LogP contribution in [0.4, 0.5) is 5.69 Å². The highest BCUT2D eigenvalue weighted by atomic mass is 35.5. The Kier molecular flexibility index (Phi) is 4.64. The second kappa shape index (κ2) is 6.85. The molecule has 1 fully saturated rings. The van der Waals surface area contributed by atoms with Crippen molar-refractivity contribution in [3.8, 4) is 11.5 Å². The molecule has 1 saturated heterocycles. The first-order valence-corrected chi connectivity index (χ1v) is 7.41. The number of nitrogens with zero attached hydrogens (tertiary/aromatic N) is 1. The Hall–Kier alpha value is -2.31. The molecule has 0 aliphatic carbocycles. The third-order valence-electron chi connectivity index (χ3n) is 3.28. The van der Waals surface area contributed by atoms with Gasteiger partial charge in [-0.2, -0.15) is 0 Å². The molecule has 120 valence electrons. The molecule has 0 radical (unpaired) electrons. The zero-order chi connectivity index (χ0) is 16.2. The second-order valence-corrected chi connectivity index (χ2v) is 5.43. The van der Waals surface area contributed by atoms with E-state index in [-0.39, 0.29) is 34.9 Å². The summed E-state index contributed by atoms with van der Waals surface area (Å²) < 4.78 is 16.3. The quantitative estimate of drug-likeness (QED) is 0.439. The van der Waals surface area contributed by atoms with E-state index in [1.54, 1.807) is 6.07 Å². The number of hydrogen-bond acceptors (Lipinski definition) is 5. The van der Waals surface area contributed by atoms with Crippen molar-refractivity contribution < 1.29 is 19.1 Å². The van der Waals surface area contributed by atoms with Crippen LogP contribution in [0.25, 0.3) is 0 Å². The molecular formula is C16H14ClNO5. The number of benzene rings is 2. The highest BCUT2D eigenvalue weighted by molar-refractivity contribution is 6.33. The largest absolute Gasteiger partial charge is 0.487 e. The molecule has 0 bridgehead atoms. The van der Waals surface area contributed by atoms with Crippen molar-refractivity contribution in [2.24, 2.45) is 0 Å². The van der Waals surface area contributed by atoms with Crippen LogP contribution in [0.2, 0.25) is 5.02 Å². The number of nitro benzene ring substituents is 1. The van der Waals surface area contributed by atoms with E-state index >= 15 is 0 Å². The zero-order valence-electron chi connectivity index (χ0n) is 12.1. The summed E-state index contributed by atoms with van der Waals surface area (Å²) in [5.41, 5.74) is 0.593. The third-order valence-corrected chi connectivity index (χ3v) is 3.59. The molecule has 2 aromatic rings. The highest BCUT2D eigenvalue weighted by Crippen LogP contribution is 2.42. The van der Waals surface area contributed by atoms with Crippen molar-refractivity contribution in [2.45, 2.75) is 12.7 Å². The van der Waals surface area contributed by atoms with Crippen molar-refractivity contribution in [1.82, 2.24) is 0 Å². The number of nitro groups is 1. The average molecular weight is 336 g/mol. The molecule has 0 saturated carbocycles. The normalized spacial score (nSPS) is 16.0. The Bertz CT molecular complexity index is 703. The number of rotatable bonds is 7. The zero-order valence-corrected chi connectivity index (χ0v) is 12.9. The van der Waals surface area contributed by atoms with Gasteiger partial charge in [0, 0.05) is 0 Å². The lowest BCUT2D eigenvalue weighted by molar-refractivity contribution is -0.385. The maximum atomic E-state index is 11.3. The SMILES string of the molecule is O=[N+]([O-])c1c(Cl)ccc(OC[C@H]2CO2)c1OCc1ccccc1. The second-order valence-electron chi connectivity index (χ2n) is 5.02. The fourth-order valence-corrected chi connectivity index (χ4v) is 2.25. The van der Waals surface area contributed by atoms with Crippen LogP contribution in [0.1, 0.15) is 5.56 Å². The van der Waals surface area contributed by atoms with Crippen molar-refractivity contribution in [1.29, 1.82) is 0 Å². The molecule has 7 heteroatoms. The summed E-state index contributed by atoms with van der Waals surface area (Å²) in [4.78, 5) is 10.8. The minimum absolute atomic E-state index is 0.00748. The Labute approximate surface area is 137 Å². The molecule has 1 heterocycles. The maximum absolute atomic E-state index is 11.3. The summed E-state index contributed by atoms with van der Waals surface area (Å²) in [6.07, 6.45) is 0.0340. The summed E-state index contributed by atoms with van der Waals surface area (Å²) >= 11 is 5.95. The molecule has 6 nitrogen and oxygen atoms in total. The predicted molar refractivity (Wildman–Crippen MR) is 84.1 cm³/mol. The van der Waals surface area contributed by atoms with Crippen LogP contribution in [0, 0.1) is 10.1 Å². The van der Waals surface area contributed by atoms with Gasteiger partial charge in [0.25, 0.3) is 0 Å². The lowest BCUT2D eigenvalue weighted by atomic mass is 10.2. The maximum Gasteiger partial charge on any atom is 0.333 e. The number of hydrogen-bond donors (Lipinski definition) is 0. The lowest BCUT2D eigenvalue weighted by Crippen LogP contribution is -2.07. The van der Waals surface area contributed by atoms with Crippen molar-refractivity contribution >= 4 is 17.3 Å². The molecule has 3 rings (SSSR count). The molecular weight excluding hydrogens is 322 g/mol. The van der Waals surface area contributed by atoms with Crippen LogP contribution in [0.15, 0.2) is 42.5 Å². The van der Waals surface area contributed by atoms with E-state index in [9.17, 15) is 10.1 Å². The Balaban J connectivity index is 1.86. The van der Waals surface area contributed by atoms with Gasteiger partial charge in [0.15, 0.2) is 5.75 Å². The topological polar surface area (TPSA) is 74.1 Å². The van der Waals surface area contributed by atoms with Gasteiger partial charge in [0.2, 0.25) is 5.75 Å².